The highest BCUT2D eigenvalue weighted by molar-refractivity contribution is 7.98. The van der Waals surface area contributed by atoms with Crippen molar-refractivity contribution in [3.05, 3.63) is 47.4 Å². The lowest BCUT2D eigenvalue weighted by atomic mass is 10.2. The second-order valence-electron chi connectivity index (χ2n) is 7.06. The Labute approximate surface area is 172 Å². The van der Waals surface area contributed by atoms with Gasteiger partial charge in [-0.15, -0.1) is 22.7 Å². The van der Waals surface area contributed by atoms with Crippen molar-refractivity contribution < 1.29 is 0 Å². The van der Waals surface area contributed by atoms with Crippen LogP contribution in [0.1, 0.15) is 33.1 Å². The molecule has 0 amide bonds. The van der Waals surface area contributed by atoms with E-state index in [4.69, 9.17) is 4.98 Å². The molecule has 1 aliphatic carbocycles. The standard InChI is InChI=1S/C19H18N4O2S3/c1-8-9(2)27-16-13(8)15(24)20-12(21-16)7-26-19-22-17-14(18(25)23(19)3)10-5-4-6-11(10)28-17/h4-7H2,1-3H3,(H,20,21,24). The molecule has 0 unspecified atom stereocenters. The van der Waals surface area contributed by atoms with Crippen LogP contribution in [0.25, 0.3) is 20.4 Å². The van der Waals surface area contributed by atoms with Crippen molar-refractivity contribution in [2.45, 2.75) is 44.0 Å². The molecule has 0 aliphatic heterocycles. The minimum Gasteiger partial charge on any atom is -0.309 e. The predicted molar refractivity (Wildman–Crippen MR) is 116 cm³/mol. The molecule has 1 N–H and O–H groups in total. The summed E-state index contributed by atoms with van der Waals surface area (Å²) < 4.78 is 1.62. The number of thiophene rings is 2. The van der Waals surface area contributed by atoms with Gasteiger partial charge in [-0.1, -0.05) is 11.8 Å². The summed E-state index contributed by atoms with van der Waals surface area (Å²) in [5, 5.41) is 2.12. The van der Waals surface area contributed by atoms with Gasteiger partial charge in [0.15, 0.2) is 5.16 Å². The first kappa shape index (κ1) is 18.1. The average Bonchev–Trinajstić information content (AvgIpc) is 3.30. The molecule has 144 valence electrons. The maximum Gasteiger partial charge on any atom is 0.262 e. The minimum atomic E-state index is -0.102. The third-order valence-corrected chi connectivity index (χ3v) is 8.66. The Morgan fingerprint density at radius 1 is 1.11 bits per heavy atom. The fraction of sp³-hybridized carbons (Fsp3) is 0.368. The number of hydrogen-bond donors (Lipinski definition) is 1. The van der Waals surface area contributed by atoms with Crippen LogP contribution in [-0.4, -0.2) is 19.5 Å². The first-order valence-corrected chi connectivity index (χ1v) is 11.7. The summed E-state index contributed by atoms with van der Waals surface area (Å²) in [4.78, 5) is 41.6. The molecular weight excluding hydrogens is 412 g/mol. The van der Waals surface area contributed by atoms with Crippen LogP contribution in [0.4, 0.5) is 0 Å². The van der Waals surface area contributed by atoms with Crippen LogP contribution in [0.2, 0.25) is 0 Å². The fourth-order valence-electron chi connectivity index (χ4n) is 3.74. The number of aromatic nitrogens is 4. The van der Waals surface area contributed by atoms with Gasteiger partial charge in [-0.3, -0.25) is 14.2 Å². The lowest BCUT2D eigenvalue weighted by Gasteiger charge is -2.07. The SMILES string of the molecule is Cc1sc2nc(CSc3nc4sc5c(c4c(=O)n3C)CCC5)[nH]c(=O)c2c1C. The van der Waals surface area contributed by atoms with Crippen LogP contribution in [0.15, 0.2) is 14.7 Å². The molecule has 0 fully saturated rings. The van der Waals surface area contributed by atoms with Crippen molar-refractivity contribution in [3.63, 3.8) is 0 Å². The molecule has 0 radical (unpaired) electrons. The summed E-state index contributed by atoms with van der Waals surface area (Å²) in [5.41, 5.74) is 2.11. The van der Waals surface area contributed by atoms with Crippen molar-refractivity contribution in [1.82, 2.24) is 19.5 Å². The summed E-state index contributed by atoms with van der Waals surface area (Å²) in [7, 11) is 1.77. The lowest BCUT2D eigenvalue weighted by Crippen LogP contribution is -2.20. The van der Waals surface area contributed by atoms with Gasteiger partial charge in [0, 0.05) is 16.8 Å². The van der Waals surface area contributed by atoms with Gasteiger partial charge < -0.3 is 4.98 Å². The molecule has 4 heterocycles. The summed E-state index contributed by atoms with van der Waals surface area (Å²) in [6, 6.07) is 0. The third kappa shape index (κ3) is 2.67. The summed E-state index contributed by atoms with van der Waals surface area (Å²) in [6.07, 6.45) is 3.15. The molecule has 0 saturated carbocycles. The van der Waals surface area contributed by atoms with Gasteiger partial charge in [0.1, 0.15) is 15.5 Å². The number of nitrogens with zero attached hydrogens (tertiary/aromatic N) is 3. The van der Waals surface area contributed by atoms with Crippen molar-refractivity contribution in [2.75, 3.05) is 0 Å². The molecule has 4 aromatic rings. The molecule has 0 atom stereocenters. The van der Waals surface area contributed by atoms with Crippen molar-refractivity contribution in [3.8, 4) is 0 Å². The van der Waals surface area contributed by atoms with E-state index < -0.39 is 0 Å². The second kappa shape index (κ2) is 6.53. The molecule has 5 rings (SSSR count). The molecule has 0 bridgehead atoms. The molecule has 0 spiro atoms. The minimum absolute atomic E-state index is 0.0216. The zero-order valence-corrected chi connectivity index (χ0v) is 18.2. The smallest absolute Gasteiger partial charge is 0.262 e. The number of thioether (sulfide) groups is 1. The van der Waals surface area contributed by atoms with Gasteiger partial charge in [0.2, 0.25) is 0 Å². The highest BCUT2D eigenvalue weighted by atomic mass is 32.2. The van der Waals surface area contributed by atoms with Gasteiger partial charge in [-0.2, -0.15) is 0 Å². The molecule has 4 aromatic heterocycles. The van der Waals surface area contributed by atoms with E-state index in [1.165, 1.54) is 33.5 Å². The van der Waals surface area contributed by atoms with Crippen LogP contribution < -0.4 is 11.1 Å². The van der Waals surface area contributed by atoms with E-state index in [1.807, 2.05) is 13.8 Å². The van der Waals surface area contributed by atoms with E-state index in [1.54, 1.807) is 23.0 Å². The van der Waals surface area contributed by atoms with E-state index in [-0.39, 0.29) is 11.1 Å². The highest BCUT2D eigenvalue weighted by Crippen LogP contribution is 2.35. The maximum atomic E-state index is 12.9. The quantitative estimate of drug-likeness (QED) is 0.396. The average molecular weight is 431 g/mol. The van der Waals surface area contributed by atoms with Crippen LogP contribution in [0, 0.1) is 13.8 Å². The van der Waals surface area contributed by atoms with Gasteiger partial charge in [-0.25, -0.2) is 9.97 Å². The molecule has 0 saturated heterocycles. The second-order valence-corrected chi connectivity index (χ2v) is 10.3. The monoisotopic (exact) mass is 430 g/mol. The van der Waals surface area contributed by atoms with E-state index in [0.29, 0.717) is 22.1 Å². The number of rotatable bonds is 3. The number of hydrogen-bond acceptors (Lipinski definition) is 7. The van der Waals surface area contributed by atoms with Gasteiger partial charge in [0.05, 0.1) is 16.5 Å². The number of fused-ring (bicyclic) bond motifs is 4. The normalized spacial score (nSPS) is 13.7. The Kier molecular flexibility index (Phi) is 4.22. The largest absolute Gasteiger partial charge is 0.309 e. The topological polar surface area (TPSA) is 80.6 Å². The highest BCUT2D eigenvalue weighted by Gasteiger charge is 2.22. The van der Waals surface area contributed by atoms with E-state index in [2.05, 4.69) is 9.97 Å². The number of nitrogens with one attached hydrogen (secondary N) is 1. The first-order valence-electron chi connectivity index (χ1n) is 9.07. The van der Waals surface area contributed by atoms with Crippen molar-refractivity contribution in [1.29, 1.82) is 0 Å². The molecule has 28 heavy (non-hydrogen) atoms. The van der Waals surface area contributed by atoms with E-state index in [9.17, 15) is 9.59 Å². The van der Waals surface area contributed by atoms with E-state index in [0.717, 1.165) is 44.8 Å². The van der Waals surface area contributed by atoms with Crippen LogP contribution in [-0.2, 0) is 25.6 Å². The Hall–Kier alpha value is -1.97. The van der Waals surface area contributed by atoms with Gasteiger partial charge in [0.25, 0.3) is 11.1 Å². The third-order valence-electron chi connectivity index (χ3n) is 5.33. The van der Waals surface area contributed by atoms with Gasteiger partial charge >= 0.3 is 0 Å². The molecule has 0 aromatic carbocycles. The number of aromatic amines is 1. The van der Waals surface area contributed by atoms with Crippen molar-refractivity contribution >= 4 is 54.9 Å². The Morgan fingerprint density at radius 2 is 1.89 bits per heavy atom. The summed E-state index contributed by atoms with van der Waals surface area (Å²) >= 11 is 4.61. The zero-order chi connectivity index (χ0) is 19.6. The maximum absolute atomic E-state index is 12.9. The van der Waals surface area contributed by atoms with Gasteiger partial charge in [-0.05, 0) is 44.2 Å². The lowest BCUT2D eigenvalue weighted by molar-refractivity contribution is 0.726. The Balaban J connectivity index is 1.51. The van der Waals surface area contributed by atoms with E-state index >= 15 is 0 Å². The summed E-state index contributed by atoms with van der Waals surface area (Å²) in [6.45, 7) is 3.95. The van der Waals surface area contributed by atoms with Crippen LogP contribution in [0.5, 0.6) is 0 Å². The van der Waals surface area contributed by atoms with Crippen LogP contribution in [0.3, 0.4) is 0 Å². The predicted octanol–water partition coefficient (Wildman–Crippen LogP) is 3.69. The summed E-state index contributed by atoms with van der Waals surface area (Å²) in [5.74, 6) is 1.06. The number of aryl methyl sites for hydroxylation is 4. The Bertz CT molecular complexity index is 1380. The van der Waals surface area contributed by atoms with Crippen molar-refractivity contribution in [2.24, 2.45) is 7.05 Å². The zero-order valence-electron chi connectivity index (χ0n) is 15.7. The Morgan fingerprint density at radius 3 is 2.71 bits per heavy atom. The number of H-pyrrole nitrogens is 1. The first-order chi connectivity index (χ1) is 13.4. The molecule has 9 heteroatoms. The molecule has 6 nitrogen and oxygen atoms in total. The molecule has 1 aliphatic rings. The fourth-order valence-corrected chi connectivity index (χ4v) is 6.93. The molecular formula is C19H18N4O2S3. The van der Waals surface area contributed by atoms with Crippen LogP contribution >= 0.6 is 34.4 Å².